The Morgan fingerprint density at radius 2 is 1.63 bits per heavy atom. The third-order valence-corrected chi connectivity index (χ3v) is 4.41. The molecule has 0 atom stereocenters. The number of carbonyl (C=O) groups excluding carboxylic acids is 1. The number of hydrogen-bond acceptors (Lipinski definition) is 2. The van der Waals surface area contributed by atoms with Gasteiger partial charge in [0.1, 0.15) is 0 Å². The van der Waals surface area contributed by atoms with Crippen LogP contribution in [-0.2, 0) is 6.18 Å². The molecule has 0 aliphatic heterocycles. The van der Waals surface area contributed by atoms with Crippen molar-refractivity contribution in [3.05, 3.63) is 58.6 Å². The molecule has 7 heteroatoms. The lowest BCUT2D eigenvalue weighted by molar-refractivity contribution is -0.137. The predicted octanol–water partition coefficient (Wildman–Crippen LogP) is 6.23. The minimum Gasteiger partial charge on any atom is -0.365 e. The molecule has 27 heavy (non-hydrogen) atoms. The van der Waals surface area contributed by atoms with Crippen molar-refractivity contribution in [1.29, 1.82) is 0 Å². The first-order valence-electron chi connectivity index (χ1n) is 8.57. The summed E-state index contributed by atoms with van der Waals surface area (Å²) in [6.07, 6.45) is -4.51. The minimum absolute atomic E-state index is 0.0257. The quantitative estimate of drug-likeness (QED) is 0.647. The fourth-order valence-electron chi connectivity index (χ4n) is 3.03. The van der Waals surface area contributed by atoms with E-state index in [-0.39, 0.29) is 28.4 Å². The van der Waals surface area contributed by atoms with Crippen molar-refractivity contribution in [1.82, 2.24) is 0 Å². The molecular weight excluding hydrogens is 377 g/mol. The van der Waals surface area contributed by atoms with Crippen LogP contribution in [-0.4, -0.2) is 18.0 Å². The molecule has 0 unspecified atom stereocenters. The molecule has 0 bridgehead atoms. The Bertz CT molecular complexity index is 811. The highest BCUT2D eigenvalue weighted by molar-refractivity contribution is 6.34. The van der Waals surface area contributed by atoms with Crippen LogP contribution in [0.5, 0.6) is 0 Å². The first kappa shape index (κ1) is 21.1. The van der Waals surface area contributed by atoms with Gasteiger partial charge in [-0.05, 0) is 58.0 Å². The van der Waals surface area contributed by atoms with Crippen LogP contribution < -0.4 is 10.2 Å². The summed E-state index contributed by atoms with van der Waals surface area (Å²) in [6, 6.07) is 9.82. The van der Waals surface area contributed by atoms with Crippen LogP contribution >= 0.6 is 11.6 Å². The van der Waals surface area contributed by atoms with Gasteiger partial charge in [0.2, 0.25) is 0 Å². The maximum Gasteiger partial charge on any atom is 0.416 e. The van der Waals surface area contributed by atoms with E-state index in [9.17, 15) is 18.0 Å². The molecule has 0 saturated heterocycles. The van der Waals surface area contributed by atoms with Crippen LogP contribution in [0.3, 0.4) is 0 Å². The average Bonchev–Trinajstić information content (AvgIpc) is 2.55. The Balaban J connectivity index is 2.53. The van der Waals surface area contributed by atoms with Crippen molar-refractivity contribution in [2.45, 2.75) is 46.0 Å². The van der Waals surface area contributed by atoms with Crippen molar-refractivity contribution >= 4 is 28.9 Å². The SMILES string of the molecule is CC(C)N(c1ccc(C(F)(F)F)cc1NC(=O)c1ccccc1Cl)C(C)C. The summed E-state index contributed by atoms with van der Waals surface area (Å²) in [4.78, 5) is 14.6. The first-order chi connectivity index (χ1) is 12.5. The van der Waals surface area contributed by atoms with Gasteiger partial charge < -0.3 is 10.2 Å². The second-order valence-corrected chi connectivity index (χ2v) is 7.17. The van der Waals surface area contributed by atoms with Gasteiger partial charge in [-0.1, -0.05) is 23.7 Å². The molecule has 0 aliphatic carbocycles. The Hall–Kier alpha value is -2.21. The van der Waals surface area contributed by atoms with Crippen LogP contribution in [0, 0.1) is 0 Å². The first-order valence-corrected chi connectivity index (χ1v) is 8.95. The van der Waals surface area contributed by atoms with Crippen LogP contribution in [0.2, 0.25) is 5.02 Å². The number of rotatable bonds is 5. The molecule has 0 radical (unpaired) electrons. The number of amides is 1. The van der Waals surface area contributed by atoms with Gasteiger partial charge in [-0.3, -0.25) is 4.79 Å². The number of nitrogens with zero attached hydrogens (tertiary/aromatic N) is 1. The van der Waals surface area contributed by atoms with E-state index in [2.05, 4.69) is 5.32 Å². The van der Waals surface area contributed by atoms with E-state index in [0.29, 0.717) is 5.69 Å². The lowest BCUT2D eigenvalue weighted by atomic mass is 10.1. The Labute approximate surface area is 162 Å². The summed E-state index contributed by atoms with van der Waals surface area (Å²) in [7, 11) is 0. The van der Waals surface area contributed by atoms with E-state index in [1.165, 1.54) is 12.1 Å². The molecule has 0 spiro atoms. The number of hydrogen-bond donors (Lipinski definition) is 1. The highest BCUT2D eigenvalue weighted by Gasteiger charge is 2.32. The van der Waals surface area contributed by atoms with E-state index in [1.807, 2.05) is 32.6 Å². The summed E-state index contributed by atoms with van der Waals surface area (Å²) in [6.45, 7) is 7.77. The van der Waals surface area contributed by atoms with E-state index < -0.39 is 17.6 Å². The predicted molar refractivity (Wildman–Crippen MR) is 104 cm³/mol. The number of benzene rings is 2. The highest BCUT2D eigenvalue weighted by Crippen LogP contribution is 2.37. The fourth-order valence-corrected chi connectivity index (χ4v) is 3.25. The fraction of sp³-hybridized carbons (Fsp3) is 0.350. The maximum absolute atomic E-state index is 13.2. The normalized spacial score (nSPS) is 11.8. The van der Waals surface area contributed by atoms with Crippen molar-refractivity contribution < 1.29 is 18.0 Å². The second-order valence-electron chi connectivity index (χ2n) is 6.76. The molecule has 2 aromatic carbocycles. The zero-order chi connectivity index (χ0) is 20.4. The monoisotopic (exact) mass is 398 g/mol. The number of anilines is 2. The molecule has 0 aliphatic rings. The molecule has 0 heterocycles. The average molecular weight is 399 g/mol. The van der Waals surface area contributed by atoms with Gasteiger partial charge in [0.05, 0.1) is 27.5 Å². The molecule has 0 fully saturated rings. The van der Waals surface area contributed by atoms with E-state index >= 15 is 0 Å². The van der Waals surface area contributed by atoms with Crippen LogP contribution in [0.1, 0.15) is 43.6 Å². The Kier molecular flexibility index (Phi) is 6.42. The van der Waals surface area contributed by atoms with Crippen molar-refractivity contribution in [2.24, 2.45) is 0 Å². The molecule has 1 amide bonds. The number of alkyl halides is 3. The third kappa shape index (κ3) is 4.95. The molecule has 2 aromatic rings. The summed E-state index contributed by atoms with van der Waals surface area (Å²) < 4.78 is 39.6. The van der Waals surface area contributed by atoms with Crippen LogP contribution in [0.15, 0.2) is 42.5 Å². The number of halogens is 4. The molecule has 2 rings (SSSR count). The lowest BCUT2D eigenvalue weighted by Gasteiger charge is -2.35. The van der Waals surface area contributed by atoms with Gasteiger partial charge in [-0.15, -0.1) is 0 Å². The summed E-state index contributed by atoms with van der Waals surface area (Å²) in [5.41, 5.74) is -0.0121. The van der Waals surface area contributed by atoms with Gasteiger partial charge >= 0.3 is 6.18 Å². The largest absolute Gasteiger partial charge is 0.416 e. The van der Waals surface area contributed by atoms with Crippen LogP contribution in [0.25, 0.3) is 0 Å². The topological polar surface area (TPSA) is 32.3 Å². The van der Waals surface area contributed by atoms with Crippen molar-refractivity contribution in [2.75, 3.05) is 10.2 Å². The summed E-state index contributed by atoms with van der Waals surface area (Å²) >= 11 is 6.04. The molecular formula is C20H22ClF3N2O. The van der Waals surface area contributed by atoms with E-state index in [4.69, 9.17) is 11.6 Å². The Morgan fingerprint density at radius 1 is 1.04 bits per heavy atom. The molecule has 0 aromatic heterocycles. The van der Waals surface area contributed by atoms with Crippen LogP contribution in [0.4, 0.5) is 24.5 Å². The number of carbonyl (C=O) groups is 1. The third-order valence-electron chi connectivity index (χ3n) is 4.08. The summed E-state index contributed by atoms with van der Waals surface area (Å²) in [5, 5.41) is 2.84. The van der Waals surface area contributed by atoms with E-state index in [1.54, 1.807) is 18.2 Å². The van der Waals surface area contributed by atoms with Crippen molar-refractivity contribution in [3.63, 3.8) is 0 Å². The van der Waals surface area contributed by atoms with Gasteiger partial charge in [0.25, 0.3) is 5.91 Å². The summed E-state index contributed by atoms with van der Waals surface area (Å²) in [5.74, 6) is -0.561. The second kappa shape index (κ2) is 8.21. The highest BCUT2D eigenvalue weighted by atomic mass is 35.5. The van der Waals surface area contributed by atoms with Gasteiger partial charge in [0.15, 0.2) is 0 Å². The standard InChI is InChI=1S/C20H22ClF3N2O/c1-12(2)26(13(3)4)18-10-9-14(20(22,23)24)11-17(18)25-19(27)15-7-5-6-8-16(15)21/h5-13H,1-4H3,(H,25,27). The molecule has 0 saturated carbocycles. The van der Waals surface area contributed by atoms with Crippen molar-refractivity contribution in [3.8, 4) is 0 Å². The molecule has 1 N–H and O–H groups in total. The Morgan fingerprint density at radius 3 is 2.15 bits per heavy atom. The zero-order valence-electron chi connectivity index (χ0n) is 15.6. The smallest absolute Gasteiger partial charge is 0.365 e. The van der Waals surface area contributed by atoms with Gasteiger partial charge in [0, 0.05) is 12.1 Å². The van der Waals surface area contributed by atoms with E-state index in [0.717, 1.165) is 12.1 Å². The molecule has 3 nitrogen and oxygen atoms in total. The lowest BCUT2D eigenvalue weighted by Crippen LogP contribution is -2.37. The zero-order valence-corrected chi connectivity index (χ0v) is 16.3. The van der Waals surface area contributed by atoms with Gasteiger partial charge in [-0.2, -0.15) is 13.2 Å². The number of nitrogens with one attached hydrogen (secondary N) is 1. The maximum atomic E-state index is 13.2. The molecule has 146 valence electrons. The van der Waals surface area contributed by atoms with Gasteiger partial charge in [-0.25, -0.2) is 0 Å². The minimum atomic E-state index is -4.51.